The normalized spacial score (nSPS) is 11.6. The van der Waals surface area contributed by atoms with E-state index in [2.05, 4.69) is 10.4 Å². The molecular weight excluding hydrogens is 384 g/mol. The molecule has 4 rings (SSSR count). The molecule has 0 atom stereocenters. The van der Waals surface area contributed by atoms with Gasteiger partial charge in [-0.25, -0.2) is 0 Å². The summed E-state index contributed by atoms with van der Waals surface area (Å²) in [7, 11) is 3.48. The monoisotopic (exact) mass is 408 g/mol. The highest BCUT2D eigenvalue weighted by molar-refractivity contribution is 5.82. The predicted molar refractivity (Wildman–Crippen MR) is 114 cm³/mol. The maximum atomic E-state index is 11.1. The van der Waals surface area contributed by atoms with E-state index < -0.39 is 5.91 Å². The molecule has 0 unspecified atom stereocenters. The maximum absolute atomic E-state index is 11.1. The lowest BCUT2D eigenvalue weighted by Crippen LogP contribution is -2.20. The smallest absolute Gasteiger partial charge is 0.255 e. The highest BCUT2D eigenvalue weighted by atomic mass is 16.5. The molecule has 1 aliphatic rings. The van der Waals surface area contributed by atoms with Crippen molar-refractivity contribution in [3.63, 3.8) is 0 Å². The molecule has 0 saturated carbocycles. The topological polar surface area (TPSA) is 101 Å². The number of rotatable bonds is 8. The van der Waals surface area contributed by atoms with Gasteiger partial charge >= 0.3 is 0 Å². The average Bonchev–Trinajstić information content (AvgIpc) is 3.23. The van der Waals surface area contributed by atoms with Crippen LogP contribution >= 0.6 is 0 Å². The summed E-state index contributed by atoms with van der Waals surface area (Å²) in [5.41, 5.74) is 10.3. The Balaban J connectivity index is 1.67. The predicted octanol–water partition coefficient (Wildman–Crippen LogP) is 3.01. The molecule has 0 aliphatic heterocycles. The number of nitrogens with two attached hydrogens (primary N) is 1. The second-order valence-electron chi connectivity index (χ2n) is 6.98. The quantitative estimate of drug-likeness (QED) is 0.465. The molecule has 156 valence electrons. The number of hydrogen-bond donors (Lipinski definition) is 2. The van der Waals surface area contributed by atoms with Gasteiger partial charge in [0.15, 0.2) is 23.9 Å². The summed E-state index contributed by atoms with van der Waals surface area (Å²) in [4.78, 5) is 11.1. The SMILES string of the molecule is CCOc1cccc(Nc2nn(C)c3c2Cc2cc(OC)c(OCC(N)=O)cc2-3)c1. The summed E-state index contributed by atoms with van der Waals surface area (Å²) in [6.45, 7) is 2.36. The van der Waals surface area contributed by atoms with Crippen molar-refractivity contribution in [3.8, 4) is 28.5 Å². The van der Waals surface area contributed by atoms with Gasteiger partial charge in [-0.05, 0) is 36.8 Å². The first-order valence-electron chi connectivity index (χ1n) is 9.68. The van der Waals surface area contributed by atoms with Crippen molar-refractivity contribution >= 4 is 17.4 Å². The van der Waals surface area contributed by atoms with Crippen LogP contribution in [0, 0.1) is 0 Å². The van der Waals surface area contributed by atoms with Crippen LogP contribution in [0.25, 0.3) is 11.3 Å². The van der Waals surface area contributed by atoms with E-state index in [1.807, 2.05) is 55.1 Å². The van der Waals surface area contributed by atoms with E-state index in [-0.39, 0.29) is 6.61 Å². The Morgan fingerprint density at radius 3 is 2.80 bits per heavy atom. The molecule has 1 heterocycles. The molecule has 0 fully saturated rings. The van der Waals surface area contributed by atoms with Gasteiger partial charge in [-0.1, -0.05) is 6.07 Å². The zero-order valence-corrected chi connectivity index (χ0v) is 17.2. The highest BCUT2D eigenvalue weighted by Crippen LogP contribution is 2.45. The van der Waals surface area contributed by atoms with Crippen LogP contribution in [-0.2, 0) is 18.3 Å². The molecule has 0 spiro atoms. The van der Waals surface area contributed by atoms with Crippen molar-refractivity contribution in [2.24, 2.45) is 12.8 Å². The summed E-state index contributed by atoms with van der Waals surface area (Å²) in [6, 6.07) is 11.6. The molecule has 0 saturated heterocycles. The molecule has 8 nitrogen and oxygen atoms in total. The van der Waals surface area contributed by atoms with Crippen LogP contribution < -0.4 is 25.3 Å². The maximum Gasteiger partial charge on any atom is 0.255 e. The fraction of sp³-hybridized carbons (Fsp3) is 0.273. The number of nitrogens with one attached hydrogen (secondary N) is 1. The van der Waals surface area contributed by atoms with E-state index in [9.17, 15) is 4.79 Å². The minimum Gasteiger partial charge on any atom is -0.494 e. The van der Waals surface area contributed by atoms with Gasteiger partial charge in [-0.3, -0.25) is 9.48 Å². The van der Waals surface area contributed by atoms with Crippen molar-refractivity contribution in [3.05, 3.63) is 47.5 Å². The van der Waals surface area contributed by atoms with E-state index >= 15 is 0 Å². The molecule has 2 aromatic carbocycles. The van der Waals surface area contributed by atoms with Crippen LogP contribution in [0.15, 0.2) is 36.4 Å². The minimum absolute atomic E-state index is 0.212. The van der Waals surface area contributed by atoms with Gasteiger partial charge in [0.1, 0.15) is 5.75 Å². The van der Waals surface area contributed by atoms with Crippen molar-refractivity contribution in [1.29, 1.82) is 0 Å². The summed E-state index contributed by atoms with van der Waals surface area (Å²) in [6.07, 6.45) is 0.707. The number of nitrogens with zero attached hydrogens (tertiary/aromatic N) is 2. The van der Waals surface area contributed by atoms with Crippen molar-refractivity contribution in [2.45, 2.75) is 13.3 Å². The number of primary amides is 1. The average molecular weight is 408 g/mol. The number of fused-ring (bicyclic) bond motifs is 3. The van der Waals surface area contributed by atoms with Crippen molar-refractivity contribution in [2.75, 3.05) is 25.6 Å². The Morgan fingerprint density at radius 1 is 1.23 bits per heavy atom. The van der Waals surface area contributed by atoms with E-state index in [0.29, 0.717) is 24.5 Å². The lowest BCUT2D eigenvalue weighted by molar-refractivity contribution is -0.119. The summed E-state index contributed by atoms with van der Waals surface area (Å²) >= 11 is 0. The largest absolute Gasteiger partial charge is 0.494 e. The van der Waals surface area contributed by atoms with Gasteiger partial charge in [0.25, 0.3) is 5.91 Å². The molecule has 1 amide bonds. The number of benzene rings is 2. The molecule has 8 heteroatoms. The van der Waals surface area contributed by atoms with Gasteiger partial charge in [0.05, 0.1) is 19.4 Å². The van der Waals surface area contributed by atoms with Gasteiger partial charge in [0.2, 0.25) is 0 Å². The second-order valence-corrected chi connectivity index (χ2v) is 6.98. The Hall–Kier alpha value is -3.68. The number of aryl methyl sites for hydroxylation is 1. The molecule has 0 bridgehead atoms. The van der Waals surface area contributed by atoms with Crippen molar-refractivity contribution < 1.29 is 19.0 Å². The first-order valence-corrected chi connectivity index (χ1v) is 9.68. The molecular formula is C22H24N4O4. The van der Waals surface area contributed by atoms with E-state index in [1.165, 1.54) is 0 Å². The first kappa shape index (κ1) is 19.6. The second kappa shape index (κ2) is 7.98. The third-order valence-electron chi connectivity index (χ3n) is 4.93. The number of ether oxygens (including phenoxy) is 3. The van der Waals surface area contributed by atoms with E-state index in [4.69, 9.17) is 19.9 Å². The number of methoxy groups -OCH3 is 1. The molecule has 0 radical (unpaired) electrons. The van der Waals surface area contributed by atoms with Gasteiger partial charge in [-0.15, -0.1) is 0 Å². The number of carbonyl (C=O) groups excluding carboxylic acids is 1. The number of carbonyl (C=O) groups is 1. The Kier molecular flexibility index (Phi) is 5.22. The fourth-order valence-corrected chi connectivity index (χ4v) is 3.72. The lowest BCUT2D eigenvalue weighted by Gasteiger charge is -2.12. The molecule has 3 aromatic rings. The highest BCUT2D eigenvalue weighted by Gasteiger charge is 2.29. The van der Waals surface area contributed by atoms with Crippen LogP contribution in [-0.4, -0.2) is 36.0 Å². The zero-order chi connectivity index (χ0) is 21.3. The molecule has 1 aromatic heterocycles. The molecule has 30 heavy (non-hydrogen) atoms. The van der Waals surface area contributed by atoms with Crippen LogP contribution in [0.4, 0.5) is 11.5 Å². The Labute approximate surface area is 174 Å². The fourth-order valence-electron chi connectivity index (χ4n) is 3.72. The number of anilines is 2. The number of aromatic nitrogens is 2. The third-order valence-corrected chi connectivity index (χ3v) is 4.93. The van der Waals surface area contributed by atoms with E-state index in [0.717, 1.165) is 39.6 Å². The summed E-state index contributed by atoms with van der Waals surface area (Å²) in [5.74, 6) is 2.09. The molecule has 1 aliphatic carbocycles. The summed E-state index contributed by atoms with van der Waals surface area (Å²) in [5, 5.41) is 8.07. The van der Waals surface area contributed by atoms with Crippen LogP contribution in [0.5, 0.6) is 17.2 Å². The zero-order valence-electron chi connectivity index (χ0n) is 17.2. The minimum atomic E-state index is -0.542. The third kappa shape index (κ3) is 3.63. The van der Waals surface area contributed by atoms with Gasteiger partial charge in [0, 0.05) is 36.3 Å². The lowest BCUT2D eigenvalue weighted by atomic mass is 10.1. The standard InChI is InChI=1S/C22H24N4O4/c1-4-29-15-7-5-6-14(10-15)24-22-17-8-13-9-18(28-3)19(30-12-20(23)27)11-16(13)21(17)26(2)25-22/h5-7,9-11H,4,8,12H2,1-3H3,(H2,23,27)(H,24,25). The molecule has 3 N–H and O–H groups in total. The van der Waals surface area contributed by atoms with Crippen LogP contribution in [0.2, 0.25) is 0 Å². The van der Waals surface area contributed by atoms with Gasteiger partial charge < -0.3 is 25.3 Å². The van der Waals surface area contributed by atoms with Crippen LogP contribution in [0.3, 0.4) is 0 Å². The van der Waals surface area contributed by atoms with Crippen molar-refractivity contribution in [1.82, 2.24) is 9.78 Å². The van der Waals surface area contributed by atoms with Crippen LogP contribution in [0.1, 0.15) is 18.1 Å². The van der Waals surface area contributed by atoms with Gasteiger partial charge in [-0.2, -0.15) is 5.10 Å². The Bertz CT molecular complexity index is 1110. The number of amides is 1. The summed E-state index contributed by atoms with van der Waals surface area (Å²) < 4.78 is 18.4. The van der Waals surface area contributed by atoms with E-state index in [1.54, 1.807) is 7.11 Å². The number of hydrogen-bond acceptors (Lipinski definition) is 6. The first-order chi connectivity index (χ1) is 14.5. The Morgan fingerprint density at radius 2 is 2.07 bits per heavy atom.